The van der Waals surface area contributed by atoms with Crippen molar-refractivity contribution in [3.8, 4) is 11.5 Å². The molecule has 4 rings (SSSR count). The van der Waals surface area contributed by atoms with Gasteiger partial charge in [0.05, 0.1) is 18.6 Å². The van der Waals surface area contributed by atoms with Gasteiger partial charge in [-0.25, -0.2) is 0 Å². The largest absolute Gasteiger partial charge is 0.494 e. The van der Waals surface area contributed by atoms with Crippen LogP contribution >= 0.6 is 0 Å². The van der Waals surface area contributed by atoms with Crippen molar-refractivity contribution in [2.24, 2.45) is 5.92 Å². The van der Waals surface area contributed by atoms with Crippen molar-refractivity contribution in [3.63, 3.8) is 0 Å². The molecule has 3 aromatic rings. The summed E-state index contributed by atoms with van der Waals surface area (Å²) >= 11 is 0. The summed E-state index contributed by atoms with van der Waals surface area (Å²) < 4.78 is 11.7. The van der Waals surface area contributed by atoms with Crippen molar-refractivity contribution in [3.05, 3.63) is 119 Å². The molecule has 2 heteroatoms. The first-order valence-corrected chi connectivity index (χ1v) is 11.8. The molecule has 33 heavy (non-hydrogen) atoms. The van der Waals surface area contributed by atoms with Crippen LogP contribution in [0.2, 0.25) is 0 Å². The number of hydrogen-bond donors (Lipinski definition) is 0. The zero-order valence-electron chi connectivity index (χ0n) is 20.2. The maximum Gasteiger partial charge on any atom is 0.122 e. The molecule has 0 bridgehead atoms. The Kier molecular flexibility index (Phi) is 6.47. The van der Waals surface area contributed by atoms with E-state index in [1.54, 1.807) is 0 Å². The first-order chi connectivity index (χ1) is 16.0. The molecule has 2 nitrogen and oxygen atoms in total. The molecule has 2 atom stereocenters. The summed E-state index contributed by atoms with van der Waals surface area (Å²) in [5, 5.41) is 0. The van der Waals surface area contributed by atoms with Crippen LogP contribution in [0.15, 0.2) is 86.0 Å². The minimum absolute atomic E-state index is 0.127. The lowest BCUT2D eigenvalue weighted by Gasteiger charge is -2.38. The molecule has 0 saturated carbocycles. The zero-order valence-corrected chi connectivity index (χ0v) is 20.2. The summed E-state index contributed by atoms with van der Waals surface area (Å²) in [5.74, 6) is 2.17. The number of fused-ring (bicyclic) bond motifs is 1. The summed E-state index contributed by atoms with van der Waals surface area (Å²) in [6.45, 7) is 18.1. The van der Waals surface area contributed by atoms with Crippen molar-refractivity contribution in [2.45, 2.75) is 39.0 Å². The fraction of sp³-hybridized carbons (Fsp3) is 0.290. The summed E-state index contributed by atoms with van der Waals surface area (Å²) in [6, 6.07) is 22.0. The van der Waals surface area contributed by atoms with Crippen molar-refractivity contribution >= 4 is 0 Å². The van der Waals surface area contributed by atoms with Gasteiger partial charge in [-0.05, 0) is 73.2 Å². The molecule has 0 fully saturated rings. The molecule has 170 valence electrons. The molecule has 0 amide bonds. The van der Waals surface area contributed by atoms with Gasteiger partial charge in [0, 0.05) is 11.8 Å². The first-order valence-electron chi connectivity index (χ1n) is 11.8. The standard InChI is InChI=1S/C31H34O2/c1-7-25-26-13-11-12-14-28(26)31(27(25)8-2,23-15-17-29(32-9-3)21(5)19-23)24-16-18-30(33-10-4)22(6)20-24/h7-8,11-20,25,27H,1-2,9-10H2,3-6H3. The Morgan fingerprint density at radius 3 is 1.79 bits per heavy atom. The smallest absolute Gasteiger partial charge is 0.122 e. The van der Waals surface area contributed by atoms with Crippen LogP contribution < -0.4 is 9.47 Å². The predicted octanol–water partition coefficient (Wildman–Crippen LogP) is 7.52. The third kappa shape index (κ3) is 3.58. The molecule has 0 radical (unpaired) electrons. The van der Waals surface area contributed by atoms with Crippen molar-refractivity contribution < 1.29 is 9.47 Å². The van der Waals surface area contributed by atoms with Crippen molar-refractivity contribution in [2.75, 3.05) is 13.2 Å². The fourth-order valence-electron chi connectivity index (χ4n) is 5.67. The second-order valence-corrected chi connectivity index (χ2v) is 8.74. The SMILES string of the molecule is C=CC1c2ccccc2C(c2ccc(OCC)c(C)c2)(c2ccc(OCC)c(C)c2)C1C=C. The maximum absolute atomic E-state index is 5.87. The Morgan fingerprint density at radius 2 is 1.33 bits per heavy atom. The Hall–Kier alpha value is -3.26. The average molecular weight is 439 g/mol. The maximum atomic E-state index is 5.87. The molecular weight excluding hydrogens is 404 g/mol. The normalized spacial score (nSPS) is 18.4. The van der Waals surface area contributed by atoms with Crippen molar-refractivity contribution in [1.29, 1.82) is 0 Å². The number of ether oxygens (including phenoxy) is 2. The van der Waals surface area contributed by atoms with Gasteiger partial charge in [-0.1, -0.05) is 60.7 Å². The highest BCUT2D eigenvalue weighted by Gasteiger charge is 2.52. The fourth-order valence-corrected chi connectivity index (χ4v) is 5.67. The van der Waals surface area contributed by atoms with Crippen LogP contribution in [0.5, 0.6) is 11.5 Å². The van der Waals surface area contributed by atoms with Crippen LogP contribution in [-0.2, 0) is 5.41 Å². The highest BCUT2D eigenvalue weighted by atomic mass is 16.5. The molecule has 0 spiro atoms. The number of aryl methyl sites for hydroxylation is 2. The number of allylic oxidation sites excluding steroid dienone is 2. The Bertz CT molecular complexity index is 1120. The van der Waals surface area contributed by atoms with E-state index in [4.69, 9.17) is 9.47 Å². The molecule has 0 N–H and O–H groups in total. The molecule has 0 aromatic heterocycles. The van der Waals surface area contributed by atoms with Crippen LogP contribution in [0.3, 0.4) is 0 Å². The topological polar surface area (TPSA) is 18.5 Å². The Morgan fingerprint density at radius 1 is 0.788 bits per heavy atom. The molecule has 2 unspecified atom stereocenters. The van der Waals surface area contributed by atoms with Gasteiger partial charge in [0.15, 0.2) is 0 Å². The van der Waals surface area contributed by atoms with Gasteiger partial charge in [0.25, 0.3) is 0 Å². The Balaban J connectivity index is 2.06. The second-order valence-electron chi connectivity index (χ2n) is 8.74. The highest BCUT2D eigenvalue weighted by Crippen LogP contribution is 2.59. The third-order valence-corrected chi connectivity index (χ3v) is 7.00. The van der Waals surface area contributed by atoms with Gasteiger partial charge in [0.2, 0.25) is 0 Å². The quantitative estimate of drug-likeness (QED) is 0.339. The highest BCUT2D eigenvalue weighted by molar-refractivity contribution is 5.63. The summed E-state index contributed by atoms with van der Waals surface area (Å²) in [4.78, 5) is 0. The van der Waals surface area contributed by atoms with Crippen LogP contribution in [0.1, 0.15) is 53.1 Å². The number of benzene rings is 3. The van der Waals surface area contributed by atoms with Gasteiger partial charge in [-0.15, -0.1) is 13.2 Å². The number of hydrogen-bond acceptors (Lipinski definition) is 2. The van der Waals surface area contributed by atoms with Crippen LogP contribution in [0.25, 0.3) is 0 Å². The molecule has 3 aromatic carbocycles. The van der Waals surface area contributed by atoms with Gasteiger partial charge in [0.1, 0.15) is 11.5 Å². The molecule has 1 aliphatic carbocycles. The van der Waals surface area contributed by atoms with Gasteiger partial charge in [-0.2, -0.15) is 0 Å². The van der Waals surface area contributed by atoms with Crippen LogP contribution in [0.4, 0.5) is 0 Å². The van der Waals surface area contributed by atoms with E-state index in [-0.39, 0.29) is 17.3 Å². The van der Waals surface area contributed by atoms with E-state index in [9.17, 15) is 0 Å². The molecule has 0 aliphatic heterocycles. The van der Waals surface area contributed by atoms with Crippen molar-refractivity contribution in [1.82, 2.24) is 0 Å². The van der Waals surface area contributed by atoms with E-state index in [2.05, 4.69) is 99.8 Å². The minimum atomic E-state index is -0.387. The summed E-state index contributed by atoms with van der Waals surface area (Å²) in [6.07, 6.45) is 4.19. The molecule has 1 aliphatic rings. The molecule has 0 heterocycles. The Labute approximate surface area is 198 Å². The lowest BCUT2D eigenvalue weighted by molar-refractivity contribution is 0.337. The number of rotatable bonds is 8. The molecule has 0 saturated heterocycles. The lowest BCUT2D eigenvalue weighted by atomic mass is 9.63. The molecular formula is C31H34O2. The predicted molar refractivity (Wildman–Crippen MR) is 138 cm³/mol. The lowest BCUT2D eigenvalue weighted by Crippen LogP contribution is -2.34. The monoisotopic (exact) mass is 438 g/mol. The average Bonchev–Trinajstić information content (AvgIpc) is 3.12. The first kappa shape index (κ1) is 22.9. The third-order valence-electron chi connectivity index (χ3n) is 7.00. The van der Waals surface area contributed by atoms with E-state index >= 15 is 0 Å². The van der Waals surface area contributed by atoms with Gasteiger partial charge >= 0.3 is 0 Å². The van der Waals surface area contributed by atoms with Crippen LogP contribution in [0, 0.1) is 19.8 Å². The van der Waals surface area contributed by atoms with E-state index in [0.717, 1.165) is 22.6 Å². The van der Waals surface area contributed by atoms with E-state index in [0.29, 0.717) is 13.2 Å². The van der Waals surface area contributed by atoms with E-state index in [1.165, 1.54) is 22.3 Å². The zero-order chi connectivity index (χ0) is 23.6. The minimum Gasteiger partial charge on any atom is -0.494 e. The summed E-state index contributed by atoms with van der Waals surface area (Å²) in [5.41, 5.74) is 7.00. The van der Waals surface area contributed by atoms with E-state index in [1.807, 2.05) is 13.8 Å². The van der Waals surface area contributed by atoms with Crippen LogP contribution in [-0.4, -0.2) is 13.2 Å². The van der Waals surface area contributed by atoms with Gasteiger partial charge in [-0.3, -0.25) is 0 Å². The van der Waals surface area contributed by atoms with Gasteiger partial charge < -0.3 is 9.47 Å². The summed E-state index contributed by atoms with van der Waals surface area (Å²) in [7, 11) is 0. The second kappa shape index (κ2) is 9.31. The van der Waals surface area contributed by atoms with E-state index < -0.39 is 0 Å².